The number of nitrogens with one attached hydrogen (secondary N) is 2. The van der Waals surface area contributed by atoms with Crippen LogP contribution in [0.3, 0.4) is 0 Å². The lowest BCUT2D eigenvalue weighted by atomic mass is 10.1. The number of carbonyl (C=O) groups excluding carboxylic acids is 2. The predicted octanol–water partition coefficient (Wildman–Crippen LogP) is 4.30. The summed E-state index contributed by atoms with van der Waals surface area (Å²) in [5.41, 5.74) is 1.80. The van der Waals surface area contributed by atoms with Gasteiger partial charge in [-0.3, -0.25) is 9.59 Å². The molecule has 0 saturated carbocycles. The Labute approximate surface area is 162 Å². The number of carbonyl (C=O) groups is 2. The first kappa shape index (κ1) is 20.0. The van der Waals surface area contributed by atoms with Crippen molar-refractivity contribution < 1.29 is 14.3 Å². The van der Waals surface area contributed by atoms with Crippen molar-refractivity contribution in [1.82, 2.24) is 5.32 Å². The van der Waals surface area contributed by atoms with Gasteiger partial charge in [-0.05, 0) is 75.7 Å². The first-order chi connectivity index (χ1) is 12.1. The van der Waals surface area contributed by atoms with Crippen LogP contribution in [0.2, 0.25) is 0 Å². The lowest BCUT2D eigenvalue weighted by Gasteiger charge is -2.20. The summed E-state index contributed by atoms with van der Waals surface area (Å²) in [6, 6.07) is 12.3. The number of rotatable bonds is 5. The molecule has 6 heteroatoms. The molecule has 0 radical (unpaired) electrons. The molecule has 2 amide bonds. The molecule has 2 aromatic carbocycles. The second-order valence-electron chi connectivity index (χ2n) is 7.03. The molecule has 0 spiro atoms. The molecule has 0 atom stereocenters. The van der Waals surface area contributed by atoms with Gasteiger partial charge in [-0.2, -0.15) is 0 Å². The van der Waals surface area contributed by atoms with Crippen LogP contribution in [0.4, 0.5) is 5.69 Å². The van der Waals surface area contributed by atoms with Crippen LogP contribution in [0.5, 0.6) is 5.75 Å². The van der Waals surface area contributed by atoms with Crippen molar-refractivity contribution >= 4 is 33.4 Å². The third-order valence-electron chi connectivity index (χ3n) is 3.42. The molecule has 0 bridgehead atoms. The van der Waals surface area contributed by atoms with Crippen LogP contribution in [-0.4, -0.2) is 24.0 Å². The van der Waals surface area contributed by atoms with Gasteiger partial charge in [-0.15, -0.1) is 0 Å². The highest BCUT2D eigenvalue weighted by molar-refractivity contribution is 9.10. The number of benzene rings is 2. The number of hydrogen-bond donors (Lipinski definition) is 2. The summed E-state index contributed by atoms with van der Waals surface area (Å²) >= 11 is 3.39. The molecule has 2 N–H and O–H groups in total. The van der Waals surface area contributed by atoms with Gasteiger partial charge >= 0.3 is 0 Å². The third-order valence-corrected chi connectivity index (χ3v) is 3.91. The highest BCUT2D eigenvalue weighted by Gasteiger charge is 2.15. The Kier molecular flexibility index (Phi) is 6.42. The lowest BCUT2D eigenvalue weighted by molar-refractivity contribution is -0.118. The molecule has 2 aromatic rings. The highest BCUT2D eigenvalue weighted by Crippen LogP contribution is 2.22. The Bertz CT molecular complexity index is 796. The molecular weight excluding hydrogens is 396 g/mol. The van der Waals surface area contributed by atoms with E-state index >= 15 is 0 Å². The van der Waals surface area contributed by atoms with E-state index in [9.17, 15) is 9.59 Å². The van der Waals surface area contributed by atoms with Crippen LogP contribution < -0.4 is 15.4 Å². The third kappa shape index (κ3) is 6.19. The zero-order chi connectivity index (χ0) is 19.3. The molecular formula is C20H23BrN2O3. The van der Waals surface area contributed by atoms with Crippen molar-refractivity contribution in [1.29, 1.82) is 0 Å². The molecule has 0 aliphatic rings. The highest BCUT2D eigenvalue weighted by atomic mass is 79.9. The first-order valence-electron chi connectivity index (χ1n) is 8.25. The number of aryl methyl sites for hydroxylation is 1. The molecule has 0 unspecified atom stereocenters. The van der Waals surface area contributed by atoms with Crippen LogP contribution in [0.25, 0.3) is 0 Å². The average molecular weight is 419 g/mol. The molecule has 138 valence electrons. The zero-order valence-electron chi connectivity index (χ0n) is 15.4. The molecule has 0 saturated heterocycles. The van der Waals surface area contributed by atoms with Gasteiger partial charge in [0.25, 0.3) is 11.8 Å². The van der Waals surface area contributed by atoms with Crippen LogP contribution in [0.15, 0.2) is 46.9 Å². The maximum atomic E-state index is 12.1. The normalized spacial score (nSPS) is 11.0. The van der Waals surface area contributed by atoms with Crippen molar-refractivity contribution in [3.05, 3.63) is 58.1 Å². The van der Waals surface area contributed by atoms with Crippen molar-refractivity contribution in [2.45, 2.75) is 33.2 Å². The molecule has 2 rings (SSSR count). The van der Waals surface area contributed by atoms with E-state index in [2.05, 4.69) is 26.6 Å². The number of anilines is 1. The largest absolute Gasteiger partial charge is 0.483 e. The van der Waals surface area contributed by atoms with E-state index in [1.54, 1.807) is 24.3 Å². The van der Waals surface area contributed by atoms with Gasteiger partial charge in [0, 0.05) is 21.3 Å². The number of hydrogen-bond acceptors (Lipinski definition) is 3. The fourth-order valence-corrected chi connectivity index (χ4v) is 2.71. The van der Waals surface area contributed by atoms with Crippen LogP contribution >= 0.6 is 15.9 Å². The van der Waals surface area contributed by atoms with E-state index in [0.29, 0.717) is 17.0 Å². The summed E-state index contributed by atoms with van der Waals surface area (Å²) in [7, 11) is 0. The summed E-state index contributed by atoms with van der Waals surface area (Å²) in [5, 5.41) is 5.65. The van der Waals surface area contributed by atoms with Crippen molar-refractivity contribution in [2.24, 2.45) is 0 Å². The Hall–Kier alpha value is -2.34. The van der Waals surface area contributed by atoms with E-state index in [0.717, 1.165) is 10.0 Å². The van der Waals surface area contributed by atoms with E-state index in [1.807, 2.05) is 45.9 Å². The van der Waals surface area contributed by atoms with E-state index in [1.165, 1.54) is 0 Å². The lowest BCUT2D eigenvalue weighted by Crippen LogP contribution is -2.40. The summed E-state index contributed by atoms with van der Waals surface area (Å²) in [4.78, 5) is 24.1. The van der Waals surface area contributed by atoms with Gasteiger partial charge in [-0.25, -0.2) is 0 Å². The molecule has 0 fully saturated rings. The maximum absolute atomic E-state index is 12.1. The van der Waals surface area contributed by atoms with E-state index < -0.39 is 0 Å². The first-order valence-corrected chi connectivity index (χ1v) is 9.05. The van der Waals surface area contributed by atoms with Crippen molar-refractivity contribution in [2.75, 3.05) is 11.9 Å². The SMILES string of the molecule is Cc1cc(Br)ccc1OCC(=O)Nc1ccc(C(=O)NC(C)(C)C)cc1. The Balaban J connectivity index is 1.90. The topological polar surface area (TPSA) is 67.4 Å². The molecule has 0 heterocycles. The minimum atomic E-state index is -0.299. The monoisotopic (exact) mass is 418 g/mol. The number of amides is 2. The second-order valence-corrected chi connectivity index (χ2v) is 7.94. The van der Waals surface area contributed by atoms with Crippen molar-refractivity contribution in [3.63, 3.8) is 0 Å². The Morgan fingerprint density at radius 2 is 1.73 bits per heavy atom. The standard InChI is InChI=1S/C20H23BrN2O3/c1-13-11-15(21)7-10-17(13)26-12-18(24)22-16-8-5-14(6-9-16)19(25)23-20(2,3)4/h5-11H,12H2,1-4H3,(H,22,24)(H,23,25). The Morgan fingerprint density at radius 3 is 2.31 bits per heavy atom. The van der Waals surface area contributed by atoms with Gasteiger partial charge < -0.3 is 15.4 Å². The summed E-state index contributed by atoms with van der Waals surface area (Å²) in [6.07, 6.45) is 0. The molecule has 5 nitrogen and oxygen atoms in total. The van der Waals surface area contributed by atoms with Gasteiger partial charge in [0.2, 0.25) is 0 Å². The van der Waals surface area contributed by atoms with Crippen LogP contribution in [0.1, 0.15) is 36.7 Å². The Morgan fingerprint density at radius 1 is 1.08 bits per heavy atom. The number of halogens is 1. The average Bonchev–Trinajstić information content (AvgIpc) is 2.53. The van der Waals surface area contributed by atoms with Crippen molar-refractivity contribution in [3.8, 4) is 5.75 Å². The minimum Gasteiger partial charge on any atom is -0.483 e. The maximum Gasteiger partial charge on any atom is 0.262 e. The van der Waals surface area contributed by atoms with E-state index in [-0.39, 0.29) is 24.0 Å². The zero-order valence-corrected chi connectivity index (χ0v) is 16.9. The quantitative estimate of drug-likeness (QED) is 0.760. The second kappa shape index (κ2) is 8.36. The molecule has 0 aromatic heterocycles. The minimum absolute atomic E-state index is 0.0886. The summed E-state index contributed by atoms with van der Waals surface area (Å²) in [6.45, 7) is 7.60. The smallest absolute Gasteiger partial charge is 0.262 e. The molecule has 26 heavy (non-hydrogen) atoms. The molecule has 0 aliphatic carbocycles. The van der Waals surface area contributed by atoms with Crippen LogP contribution in [0, 0.1) is 6.92 Å². The molecule has 0 aliphatic heterocycles. The van der Waals surface area contributed by atoms with E-state index in [4.69, 9.17) is 4.74 Å². The predicted molar refractivity (Wildman–Crippen MR) is 107 cm³/mol. The van der Waals surface area contributed by atoms with Gasteiger partial charge in [-0.1, -0.05) is 15.9 Å². The van der Waals surface area contributed by atoms with Gasteiger partial charge in [0.1, 0.15) is 5.75 Å². The fraction of sp³-hybridized carbons (Fsp3) is 0.300. The van der Waals surface area contributed by atoms with Gasteiger partial charge in [0.05, 0.1) is 0 Å². The van der Waals surface area contributed by atoms with Gasteiger partial charge in [0.15, 0.2) is 6.61 Å². The fourth-order valence-electron chi connectivity index (χ4n) is 2.23. The summed E-state index contributed by atoms with van der Waals surface area (Å²) in [5.74, 6) is 0.251. The summed E-state index contributed by atoms with van der Waals surface area (Å²) < 4.78 is 6.51. The number of ether oxygens (including phenoxy) is 1. The van der Waals surface area contributed by atoms with Crippen LogP contribution in [-0.2, 0) is 4.79 Å².